The third kappa shape index (κ3) is 7.85. The summed E-state index contributed by atoms with van der Waals surface area (Å²) in [6.07, 6.45) is 0.254. The summed E-state index contributed by atoms with van der Waals surface area (Å²) in [4.78, 5) is 29.6. The van der Waals surface area contributed by atoms with Gasteiger partial charge in [-0.05, 0) is 56.2 Å². The lowest BCUT2D eigenvalue weighted by atomic mass is 10.0. The van der Waals surface area contributed by atoms with Crippen molar-refractivity contribution >= 4 is 27.5 Å². The SMILES string of the molecule is CCNC(=O)C(Cc1ccccc1)N(Cc1ccc(C)cc1)C(=O)CN(c1ccccc1OC)S(=O)(=O)c1ccc(C)cc1. The van der Waals surface area contributed by atoms with E-state index >= 15 is 0 Å². The molecular weight excluding hydrogens is 574 g/mol. The van der Waals surface area contributed by atoms with E-state index < -0.39 is 28.5 Å². The molecule has 4 aromatic carbocycles. The average molecular weight is 614 g/mol. The number of ether oxygens (including phenoxy) is 1. The van der Waals surface area contributed by atoms with Gasteiger partial charge in [-0.15, -0.1) is 0 Å². The fraction of sp³-hybridized carbons (Fsp3) is 0.257. The molecule has 0 aliphatic heterocycles. The van der Waals surface area contributed by atoms with Crippen LogP contribution in [-0.2, 0) is 32.6 Å². The van der Waals surface area contributed by atoms with Gasteiger partial charge in [-0.25, -0.2) is 8.42 Å². The Hall–Kier alpha value is -4.63. The van der Waals surface area contributed by atoms with Gasteiger partial charge in [-0.2, -0.15) is 0 Å². The number of nitrogens with one attached hydrogen (secondary N) is 1. The van der Waals surface area contributed by atoms with E-state index in [1.807, 2.05) is 75.4 Å². The zero-order valence-electron chi connectivity index (χ0n) is 25.6. The van der Waals surface area contributed by atoms with Crippen LogP contribution in [0.5, 0.6) is 5.75 Å². The summed E-state index contributed by atoms with van der Waals surface area (Å²) in [5.74, 6) is -0.549. The van der Waals surface area contributed by atoms with Crippen molar-refractivity contribution in [1.29, 1.82) is 0 Å². The van der Waals surface area contributed by atoms with Gasteiger partial charge in [-0.3, -0.25) is 13.9 Å². The maximum atomic E-state index is 14.5. The van der Waals surface area contributed by atoms with Crippen LogP contribution in [0.1, 0.15) is 29.2 Å². The van der Waals surface area contributed by atoms with E-state index in [0.29, 0.717) is 12.3 Å². The number of hydrogen-bond acceptors (Lipinski definition) is 5. The van der Waals surface area contributed by atoms with Gasteiger partial charge in [0.25, 0.3) is 10.0 Å². The van der Waals surface area contributed by atoms with Crippen molar-refractivity contribution in [3.8, 4) is 5.75 Å². The average Bonchev–Trinajstić information content (AvgIpc) is 3.03. The first-order valence-corrected chi connectivity index (χ1v) is 16.0. The molecule has 2 amide bonds. The smallest absolute Gasteiger partial charge is 0.264 e. The summed E-state index contributed by atoms with van der Waals surface area (Å²) in [6, 6.07) is 29.4. The molecule has 4 rings (SSSR count). The summed E-state index contributed by atoms with van der Waals surface area (Å²) < 4.78 is 35.0. The number of benzene rings is 4. The lowest BCUT2D eigenvalue weighted by molar-refractivity contribution is -0.140. The predicted molar refractivity (Wildman–Crippen MR) is 173 cm³/mol. The molecule has 0 aromatic heterocycles. The fourth-order valence-electron chi connectivity index (χ4n) is 4.92. The molecule has 1 unspecified atom stereocenters. The molecule has 0 aliphatic rings. The number of rotatable bonds is 13. The van der Waals surface area contributed by atoms with Crippen LogP contribution in [0.3, 0.4) is 0 Å². The molecule has 8 nitrogen and oxygen atoms in total. The highest BCUT2D eigenvalue weighted by atomic mass is 32.2. The zero-order chi connectivity index (χ0) is 31.7. The molecule has 9 heteroatoms. The van der Waals surface area contributed by atoms with E-state index in [9.17, 15) is 18.0 Å². The molecule has 4 aromatic rings. The first-order chi connectivity index (χ1) is 21.1. The topological polar surface area (TPSA) is 96.0 Å². The largest absolute Gasteiger partial charge is 0.495 e. The van der Waals surface area contributed by atoms with Crippen LogP contribution in [0.2, 0.25) is 0 Å². The van der Waals surface area contributed by atoms with E-state index in [1.54, 1.807) is 36.4 Å². The van der Waals surface area contributed by atoms with Crippen molar-refractivity contribution in [2.24, 2.45) is 0 Å². The maximum Gasteiger partial charge on any atom is 0.264 e. The molecule has 0 aliphatic carbocycles. The zero-order valence-corrected chi connectivity index (χ0v) is 26.4. The molecule has 0 bridgehead atoms. The van der Waals surface area contributed by atoms with Crippen LogP contribution in [0, 0.1) is 13.8 Å². The number of nitrogens with zero attached hydrogens (tertiary/aromatic N) is 2. The molecule has 0 saturated carbocycles. The highest BCUT2D eigenvalue weighted by Gasteiger charge is 2.35. The minimum atomic E-state index is -4.22. The normalized spacial score (nSPS) is 11.8. The number of amides is 2. The number of anilines is 1. The van der Waals surface area contributed by atoms with E-state index in [-0.39, 0.29) is 29.5 Å². The Morgan fingerprint density at radius 1 is 0.795 bits per heavy atom. The van der Waals surface area contributed by atoms with Crippen molar-refractivity contribution in [3.63, 3.8) is 0 Å². The maximum absolute atomic E-state index is 14.5. The molecule has 1 atom stereocenters. The molecule has 44 heavy (non-hydrogen) atoms. The van der Waals surface area contributed by atoms with Gasteiger partial charge in [0.2, 0.25) is 11.8 Å². The fourth-order valence-corrected chi connectivity index (χ4v) is 6.35. The van der Waals surface area contributed by atoms with Gasteiger partial charge in [-0.1, -0.05) is 90.0 Å². The Labute approximate surface area is 260 Å². The van der Waals surface area contributed by atoms with Crippen molar-refractivity contribution in [1.82, 2.24) is 10.2 Å². The quantitative estimate of drug-likeness (QED) is 0.221. The Bertz CT molecular complexity index is 1660. The molecule has 0 saturated heterocycles. The number of carbonyl (C=O) groups is 2. The molecule has 1 N–H and O–H groups in total. The highest BCUT2D eigenvalue weighted by Crippen LogP contribution is 2.32. The van der Waals surface area contributed by atoms with Gasteiger partial charge >= 0.3 is 0 Å². The van der Waals surface area contributed by atoms with Crippen LogP contribution in [0.15, 0.2) is 108 Å². The van der Waals surface area contributed by atoms with Crippen molar-refractivity contribution in [2.75, 3.05) is 24.5 Å². The number of hydrogen-bond donors (Lipinski definition) is 1. The van der Waals surface area contributed by atoms with Crippen molar-refractivity contribution in [2.45, 2.75) is 44.7 Å². The second-order valence-corrected chi connectivity index (χ2v) is 12.5. The van der Waals surface area contributed by atoms with E-state index in [2.05, 4.69) is 5.32 Å². The Morgan fingerprint density at radius 3 is 2.00 bits per heavy atom. The van der Waals surface area contributed by atoms with Crippen molar-refractivity contribution < 1.29 is 22.7 Å². The third-order valence-electron chi connectivity index (χ3n) is 7.34. The van der Waals surface area contributed by atoms with E-state index in [4.69, 9.17) is 4.74 Å². The van der Waals surface area contributed by atoms with Gasteiger partial charge in [0.15, 0.2) is 0 Å². The van der Waals surface area contributed by atoms with Crippen LogP contribution in [-0.4, -0.2) is 51.4 Å². The van der Waals surface area contributed by atoms with Crippen LogP contribution in [0.25, 0.3) is 0 Å². The number of carbonyl (C=O) groups excluding carboxylic acids is 2. The van der Waals surface area contributed by atoms with Gasteiger partial charge < -0.3 is 15.0 Å². The number of sulfonamides is 1. The highest BCUT2D eigenvalue weighted by molar-refractivity contribution is 7.92. The Balaban J connectivity index is 1.82. The minimum Gasteiger partial charge on any atom is -0.495 e. The molecule has 0 heterocycles. The van der Waals surface area contributed by atoms with Gasteiger partial charge in [0.1, 0.15) is 18.3 Å². The molecule has 0 fully saturated rings. The number of para-hydroxylation sites is 2. The molecular formula is C35H39N3O5S. The van der Waals surface area contributed by atoms with Crippen LogP contribution < -0.4 is 14.4 Å². The number of aryl methyl sites for hydroxylation is 2. The predicted octanol–water partition coefficient (Wildman–Crippen LogP) is 5.28. The molecule has 230 valence electrons. The summed E-state index contributed by atoms with van der Waals surface area (Å²) >= 11 is 0. The lowest BCUT2D eigenvalue weighted by Gasteiger charge is -2.34. The molecule has 0 radical (unpaired) electrons. The minimum absolute atomic E-state index is 0.0384. The summed E-state index contributed by atoms with van der Waals surface area (Å²) in [5.41, 5.74) is 3.87. The summed E-state index contributed by atoms with van der Waals surface area (Å²) in [7, 11) is -2.77. The monoisotopic (exact) mass is 613 g/mol. The van der Waals surface area contributed by atoms with Gasteiger partial charge in [0, 0.05) is 19.5 Å². The van der Waals surface area contributed by atoms with E-state index in [1.165, 1.54) is 24.1 Å². The first kappa shape index (κ1) is 32.3. The van der Waals surface area contributed by atoms with Crippen molar-refractivity contribution in [3.05, 3.63) is 125 Å². The Kier molecular flexibility index (Phi) is 10.8. The van der Waals surface area contributed by atoms with E-state index in [0.717, 1.165) is 26.6 Å². The first-order valence-electron chi connectivity index (χ1n) is 14.5. The van der Waals surface area contributed by atoms with Gasteiger partial charge in [0.05, 0.1) is 17.7 Å². The standard InChI is InChI=1S/C35H39N3O5S/c1-5-36-35(40)32(23-28-11-7-6-8-12-28)37(24-29-19-15-26(2)16-20-29)34(39)25-38(31-13-9-10-14-33(31)43-4)44(41,42)30-21-17-27(3)18-22-30/h6-22,32H,5,23-25H2,1-4H3,(H,36,40). The second-order valence-electron chi connectivity index (χ2n) is 10.6. The summed E-state index contributed by atoms with van der Waals surface area (Å²) in [6.45, 7) is 5.61. The molecule has 0 spiro atoms. The third-order valence-corrected chi connectivity index (χ3v) is 9.11. The second kappa shape index (κ2) is 14.7. The number of methoxy groups -OCH3 is 1. The van der Waals surface area contributed by atoms with Crippen LogP contribution >= 0.6 is 0 Å². The van der Waals surface area contributed by atoms with Crippen LogP contribution in [0.4, 0.5) is 5.69 Å². The Morgan fingerprint density at radius 2 is 1.39 bits per heavy atom. The number of likely N-dealkylation sites (N-methyl/N-ethyl adjacent to an activating group) is 1. The summed E-state index contributed by atoms with van der Waals surface area (Å²) in [5, 5.41) is 2.88. The lowest BCUT2D eigenvalue weighted by Crippen LogP contribution is -2.53.